The van der Waals surface area contributed by atoms with Crippen LogP contribution in [0.15, 0.2) is 24.3 Å². The first-order valence-electron chi connectivity index (χ1n) is 5.30. The second kappa shape index (κ2) is 6.11. The molecule has 0 saturated carbocycles. The Hall–Kier alpha value is -0.570. The van der Waals surface area contributed by atoms with Gasteiger partial charge in [-0.1, -0.05) is 30.7 Å². The van der Waals surface area contributed by atoms with Gasteiger partial charge in [-0.3, -0.25) is 0 Å². The van der Waals surface area contributed by atoms with Gasteiger partial charge in [-0.15, -0.1) is 0 Å². The second-order valence-corrected chi connectivity index (χ2v) is 4.21. The molecule has 84 valence electrons. The zero-order valence-corrected chi connectivity index (χ0v) is 9.96. The lowest BCUT2D eigenvalue weighted by Crippen LogP contribution is -2.28. The van der Waals surface area contributed by atoms with E-state index in [9.17, 15) is 5.11 Å². The van der Waals surface area contributed by atoms with Crippen molar-refractivity contribution in [3.8, 4) is 0 Å². The van der Waals surface area contributed by atoms with Crippen LogP contribution in [0.2, 0.25) is 5.02 Å². The quantitative estimate of drug-likeness (QED) is 0.811. The fraction of sp³-hybridized carbons (Fsp3) is 0.500. The molecular formula is C12H18ClNO. The average molecular weight is 228 g/mol. The van der Waals surface area contributed by atoms with Gasteiger partial charge in [0.05, 0.1) is 6.10 Å². The molecule has 0 heterocycles. The van der Waals surface area contributed by atoms with Crippen molar-refractivity contribution in [1.29, 1.82) is 0 Å². The molecule has 1 rings (SSSR count). The third-order valence-electron chi connectivity index (χ3n) is 2.32. The molecule has 2 N–H and O–H groups in total. The van der Waals surface area contributed by atoms with E-state index in [-0.39, 0.29) is 12.1 Å². The fourth-order valence-electron chi connectivity index (χ4n) is 1.53. The Morgan fingerprint density at radius 1 is 1.47 bits per heavy atom. The highest BCUT2D eigenvalue weighted by Gasteiger charge is 2.09. The van der Waals surface area contributed by atoms with Crippen molar-refractivity contribution in [2.24, 2.45) is 0 Å². The van der Waals surface area contributed by atoms with Crippen LogP contribution in [0, 0.1) is 0 Å². The van der Waals surface area contributed by atoms with Crippen LogP contribution in [0.5, 0.6) is 0 Å². The summed E-state index contributed by atoms with van der Waals surface area (Å²) in [4.78, 5) is 0. The zero-order valence-electron chi connectivity index (χ0n) is 9.20. The van der Waals surface area contributed by atoms with E-state index in [0.717, 1.165) is 11.4 Å². The number of rotatable bonds is 5. The van der Waals surface area contributed by atoms with Gasteiger partial charge in [0.25, 0.3) is 0 Å². The largest absolute Gasteiger partial charge is 0.392 e. The molecule has 1 aromatic carbocycles. The summed E-state index contributed by atoms with van der Waals surface area (Å²) in [6.45, 7) is 4.49. The summed E-state index contributed by atoms with van der Waals surface area (Å²) in [5.41, 5.74) is 1.17. The molecular weight excluding hydrogens is 210 g/mol. The summed E-state index contributed by atoms with van der Waals surface area (Å²) in [5.74, 6) is 0. The maximum Gasteiger partial charge on any atom is 0.0636 e. The minimum atomic E-state index is -0.321. The van der Waals surface area contributed by atoms with Gasteiger partial charge in [0, 0.05) is 17.6 Å². The van der Waals surface area contributed by atoms with Crippen molar-refractivity contribution in [3.63, 3.8) is 0 Å². The molecule has 0 fully saturated rings. The van der Waals surface area contributed by atoms with Crippen molar-refractivity contribution >= 4 is 11.6 Å². The van der Waals surface area contributed by atoms with Crippen molar-refractivity contribution < 1.29 is 5.11 Å². The van der Waals surface area contributed by atoms with Crippen LogP contribution in [0.1, 0.15) is 31.9 Å². The van der Waals surface area contributed by atoms with Crippen LogP contribution in [0.4, 0.5) is 0 Å². The van der Waals surface area contributed by atoms with E-state index in [1.807, 2.05) is 18.2 Å². The molecule has 0 saturated heterocycles. The average Bonchev–Trinajstić information content (AvgIpc) is 2.18. The fourth-order valence-corrected chi connectivity index (χ4v) is 1.73. The van der Waals surface area contributed by atoms with Crippen LogP contribution in [0.25, 0.3) is 0 Å². The van der Waals surface area contributed by atoms with Crippen LogP contribution >= 0.6 is 11.6 Å². The van der Waals surface area contributed by atoms with Gasteiger partial charge in [-0.2, -0.15) is 0 Å². The third kappa shape index (κ3) is 4.20. The Labute approximate surface area is 96.3 Å². The van der Waals surface area contributed by atoms with E-state index < -0.39 is 0 Å². The van der Waals surface area contributed by atoms with Gasteiger partial charge in [-0.25, -0.2) is 0 Å². The van der Waals surface area contributed by atoms with E-state index in [4.69, 9.17) is 11.6 Å². The predicted molar refractivity (Wildman–Crippen MR) is 64.2 cm³/mol. The molecule has 2 nitrogen and oxygen atoms in total. The first-order chi connectivity index (χ1) is 7.13. The van der Waals surface area contributed by atoms with Gasteiger partial charge < -0.3 is 10.4 Å². The van der Waals surface area contributed by atoms with Crippen LogP contribution < -0.4 is 5.32 Å². The highest BCUT2D eigenvalue weighted by molar-refractivity contribution is 6.30. The Balaban J connectivity index is 2.65. The second-order valence-electron chi connectivity index (χ2n) is 3.77. The molecule has 0 spiro atoms. The first-order valence-corrected chi connectivity index (χ1v) is 5.68. The summed E-state index contributed by atoms with van der Waals surface area (Å²) < 4.78 is 0. The van der Waals surface area contributed by atoms with Crippen molar-refractivity contribution in [3.05, 3.63) is 34.9 Å². The highest BCUT2D eigenvalue weighted by atomic mass is 35.5. The van der Waals surface area contributed by atoms with E-state index in [2.05, 4.69) is 18.3 Å². The molecule has 15 heavy (non-hydrogen) atoms. The number of hydrogen-bond donors (Lipinski definition) is 2. The number of hydrogen-bond acceptors (Lipinski definition) is 2. The van der Waals surface area contributed by atoms with Gasteiger partial charge in [-0.05, 0) is 31.0 Å². The van der Waals surface area contributed by atoms with E-state index in [1.165, 1.54) is 5.56 Å². The topological polar surface area (TPSA) is 32.3 Å². The minimum absolute atomic E-state index is 0.262. The SMILES string of the molecule is CCC(NCC(C)O)c1cccc(Cl)c1. The maximum absolute atomic E-state index is 9.21. The summed E-state index contributed by atoms with van der Waals surface area (Å²) in [6, 6.07) is 8.09. The lowest BCUT2D eigenvalue weighted by Gasteiger charge is -2.18. The number of aliphatic hydroxyl groups excluding tert-OH is 1. The normalized spacial score (nSPS) is 14.9. The number of benzene rings is 1. The molecule has 3 heteroatoms. The molecule has 0 bridgehead atoms. The number of halogens is 1. The standard InChI is InChI=1S/C12H18ClNO/c1-3-12(14-8-9(2)15)10-5-4-6-11(13)7-10/h4-7,9,12,14-15H,3,8H2,1-2H3. The lowest BCUT2D eigenvalue weighted by molar-refractivity contribution is 0.185. The summed E-state index contributed by atoms with van der Waals surface area (Å²) in [6.07, 6.45) is 0.658. The molecule has 0 amide bonds. The molecule has 0 aromatic heterocycles. The van der Waals surface area contributed by atoms with E-state index in [1.54, 1.807) is 6.92 Å². The Kier molecular flexibility index (Phi) is 5.09. The molecule has 2 atom stereocenters. The van der Waals surface area contributed by atoms with E-state index in [0.29, 0.717) is 6.54 Å². The Morgan fingerprint density at radius 2 is 2.20 bits per heavy atom. The van der Waals surface area contributed by atoms with Gasteiger partial charge in [0.2, 0.25) is 0 Å². The Morgan fingerprint density at radius 3 is 2.73 bits per heavy atom. The highest BCUT2D eigenvalue weighted by Crippen LogP contribution is 2.20. The van der Waals surface area contributed by atoms with Crippen molar-refractivity contribution in [2.75, 3.05) is 6.54 Å². The molecule has 0 aliphatic carbocycles. The summed E-state index contributed by atoms with van der Waals surface area (Å²) in [5, 5.41) is 13.3. The van der Waals surface area contributed by atoms with Crippen LogP contribution in [0.3, 0.4) is 0 Å². The Bertz CT molecular complexity index is 301. The van der Waals surface area contributed by atoms with Gasteiger partial charge in [0.1, 0.15) is 0 Å². The van der Waals surface area contributed by atoms with Crippen molar-refractivity contribution in [2.45, 2.75) is 32.4 Å². The minimum Gasteiger partial charge on any atom is -0.392 e. The maximum atomic E-state index is 9.21. The predicted octanol–water partition coefficient (Wildman–Crippen LogP) is 2.76. The zero-order chi connectivity index (χ0) is 11.3. The summed E-state index contributed by atoms with van der Waals surface area (Å²) >= 11 is 5.93. The van der Waals surface area contributed by atoms with Gasteiger partial charge in [0.15, 0.2) is 0 Å². The lowest BCUT2D eigenvalue weighted by atomic mass is 10.0. The molecule has 0 radical (unpaired) electrons. The van der Waals surface area contributed by atoms with Gasteiger partial charge >= 0.3 is 0 Å². The van der Waals surface area contributed by atoms with Crippen LogP contribution in [-0.4, -0.2) is 17.8 Å². The molecule has 0 aliphatic rings. The summed E-state index contributed by atoms with van der Waals surface area (Å²) in [7, 11) is 0. The van der Waals surface area contributed by atoms with Crippen molar-refractivity contribution in [1.82, 2.24) is 5.32 Å². The smallest absolute Gasteiger partial charge is 0.0636 e. The third-order valence-corrected chi connectivity index (χ3v) is 2.55. The molecule has 1 aromatic rings. The first kappa shape index (κ1) is 12.5. The number of aliphatic hydroxyl groups is 1. The molecule has 2 unspecified atom stereocenters. The number of nitrogens with one attached hydrogen (secondary N) is 1. The molecule has 0 aliphatic heterocycles. The van der Waals surface area contributed by atoms with Crippen LogP contribution in [-0.2, 0) is 0 Å². The monoisotopic (exact) mass is 227 g/mol. The van der Waals surface area contributed by atoms with E-state index >= 15 is 0 Å².